The number of hydrogen-bond acceptors (Lipinski definition) is 5. The van der Waals surface area contributed by atoms with Crippen molar-refractivity contribution in [1.82, 2.24) is 4.90 Å². The van der Waals surface area contributed by atoms with E-state index in [2.05, 4.69) is 0 Å². The summed E-state index contributed by atoms with van der Waals surface area (Å²) in [5.41, 5.74) is 0. The third-order valence-corrected chi connectivity index (χ3v) is 2.01. The lowest BCUT2D eigenvalue weighted by atomic mass is 10.3. The molecule has 1 rings (SSSR count). The van der Waals surface area contributed by atoms with E-state index in [1.165, 1.54) is 6.92 Å². The molecule has 0 aromatic heterocycles. The van der Waals surface area contributed by atoms with Crippen LogP contribution in [0.25, 0.3) is 0 Å². The van der Waals surface area contributed by atoms with E-state index in [0.29, 0.717) is 32.3 Å². The molecule has 0 aliphatic carbocycles. The lowest BCUT2D eigenvalue weighted by Gasteiger charge is -2.17. The van der Waals surface area contributed by atoms with Gasteiger partial charge in [0, 0.05) is 26.4 Å². The molecule has 0 aromatic carbocycles. The molecule has 1 heterocycles. The first-order chi connectivity index (χ1) is 6.61. The van der Waals surface area contributed by atoms with Crippen LogP contribution in [0.5, 0.6) is 0 Å². The van der Waals surface area contributed by atoms with Gasteiger partial charge in [-0.15, -0.1) is 0 Å². The van der Waals surface area contributed by atoms with E-state index in [1.54, 1.807) is 0 Å². The largest absolute Gasteiger partial charge is 0.453 e. The molecule has 5 nitrogen and oxygen atoms in total. The topological polar surface area (TPSA) is 63.7 Å². The Hall–Kier alpha value is -1.23. The summed E-state index contributed by atoms with van der Waals surface area (Å²) in [7, 11) is 0. The average Bonchev–Trinajstić information content (AvgIpc) is 2.49. The molecule has 1 aliphatic heterocycles. The van der Waals surface area contributed by atoms with E-state index in [9.17, 15) is 14.4 Å². The lowest BCUT2D eigenvalue weighted by molar-refractivity contribution is -0.150. The molecule has 5 heteroatoms. The molecule has 1 saturated heterocycles. The monoisotopic (exact) mass is 199 g/mol. The minimum Gasteiger partial charge on any atom is -0.453 e. The van der Waals surface area contributed by atoms with Gasteiger partial charge in [-0.05, 0) is 0 Å². The van der Waals surface area contributed by atoms with Crippen molar-refractivity contribution in [3.05, 3.63) is 0 Å². The number of esters is 1. The fraction of sp³-hybridized carbons (Fsp3) is 0.667. The average molecular weight is 199 g/mol. The Morgan fingerprint density at radius 2 is 2.43 bits per heavy atom. The second-order valence-electron chi connectivity index (χ2n) is 3.31. The Morgan fingerprint density at radius 3 is 2.86 bits per heavy atom. The highest BCUT2D eigenvalue weighted by Gasteiger charge is 2.23. The Morgan fingerprint density at radius 1 is 1.71 bits per heavy atom. The molecule has 78 valence electrons. The number of aldehydes is 1. The SMILES string of the molecule is CC(=O)O[C@H](C=O)CN1CCC(=O)C1. The van der Waals surface area contributed by atoms with Crippen LogP contribution >= 0.6 is 0 Å². The molecular weight excluding hydrogens is 186 g/mol. The van der Waals surface area contributed by atoms with Gasteiger partial charge in [0.05, 0.1) is 6.54 Å². The molecule has 0 amide bonds. The molecule has 0 spiro atoms. The number of carbonyl (C=O) groups is 3. The maximum atomic E-state index is 10.9. The molecule has 0 radical (unpaired) electrons. The summed E-state index contributed by atoms with van der Waals surface area (Å²) in [6.07, 6.45) is 0.356. The van der Waals surface area contributed by atoms with Gasteiger partial charge in [-0.2, -0.15) is 0 Å². The number of Topliss-reactive ketones (excluding diaryl/α,β-unsaturated/α-hetero) is 1. The summed E-state index contributed by atoms with van der Waals surface area (Å²) in [5, 5.41) is 0. The van der Waals surface area contributed by atoms with Crippen molar-refractivity contribution in [1.29, 1.82) is 0 Å². The van der Waals surface area contributed by atoms with E-state index in [1.807, 2.05) is 4.90 Å². The molecule has 1 atom stereocenters. The van der Waals surface area contributed by atoms with Gasteiger partial charge in [0.15, 0.2) is 12.4 Å². The number of ether oxygens (including phenoxy) is 1. The van der Waals surface area contributed by atoms with Crippen LogP contribution in [0.15, 0.2) is 0 Å². The number of likely N-dealkylation sites (tertiary alicyclic amines) is 1. The van der Waals surface area contributed by atoms with Gasteiger partial charge >= 0.3 is 5.97 Å². The molecule has 14 heavy (non-hydrogen) atoms. The summed E-state index contributed by atoms with van der Waals surface area (Å²) in [4.78, 5) is 33.8. The van der Waals surface area contributed by atoms with Crippen LogP contribution < -0.4 is 0 Å². The molecule has 0 unspecified atom stereocenters. The van der Waals surface area contributed by atoms with Crippen LogP contribution in [0, 0.1) is 0 Å². The van der Waals surface area contributed by atoms with Crippen LogP contribution in [0.3, 0.4) is 0 Å². The van der Waals surface area contributed by atoms with Crippen LogP contribution in [-0.4, -0.2) is 48.7 Å². The summed E-state index contributed by atoms with van der Waals surface area (Å²) in [5.74, 6) is -0.315. The molecule has 0 aromatic rings. The van der Waals surface area contributed by atoms with Gasteiger partial charge in [-0.3, -0.25) is 19.3 Å². The normalized spacial score (nSPS) is 19.4. The number of carbonyl (C=O) groups excluding carboxylic acids is 3. The maximum Gasteiger partial charge on any atom is 0.303 e. The first-order valence-electron chi connectivity index (χ1n) is 4.48. The van der Waals surface area contributed by atoms with Crippen molar-refractivity contribution in [2.24, 2.45) is 0 Å². The van der Waals surface area contributed by atoms with Gasteiger partial charge in [0.1, 0.15) is 5.78 Å². The highest BCUT2D eigenvalue weighted by molar-refractivity contribution is 5.82. The molecule has 0 saturated carbocycles. The zero-order chi connectivity index (χ0) is 10.6. The van der Waals surface area contributed by atoms with Crippen LogP contribution in [0.4, 0.5) is 0 Å². The van der Waals surface area contributed by atoms with Gasteiger partial charge in [0.25, 0.3) is 0 Å². The van der Waals surface area contributed by atoms with E-state index in [0.717, 1.165) is 0 Å². The molecule has 1 fully saturated rings. The van der Waals surface area contributed by atoms with Crippen molar-refractivity contribution in [3.63, 3.8) is 0 Å². The van der Waals surface area contributed by atoms with E-state index in [-0.39, 0.29) is 5.78 Å². The smallest absolute Gasteiger partial charge is 0.303 e. The Kier molecular flexibility index (Phi) is 3.76. The quantitative estimate of drug-likeness (QED) is 0.446. The molecule has 0 N–H and O–H groups in total. The summed E-state index contributed by atoms with van der Waals surface area (Å²) < 4.78 is 4.74. The number of nitrogens with zero attached hydrogens (tertiary/aromatic N) is 1. The highest BCUT2D eigenvalue weighted by Crippen LogP contribution is 2.05. The Bertz CT molecular complexity index is 251. The lowest BCUT2D eigenvalue weighted by Crippen LogP contribution is -2.34. The zero-order valence-corrected chi connectivity index (χ0v) is 8.06. The van der Waals surface area contributed by atoms with Gasteiger partial charge in [-0.1, -0.05) is 0 Å². The van der Waals surface area contributed by atoms with Crippen LogP contribution in [0.2, 0.25) is 0 Å². The van der Waals surface area contributed by atoms with Gasteiger partial charge in [-0.25, -0.2) is 0 Å². The van der Waals surface area contributed by atoms with Crippen molar-refractivity contribution in [3.8, 4) is 0 Å². The van der Waals surface area contributed by atoms with E-state index < -0.39 is 12.1 Å². The summed E-state index contributed by atoms with van der Waals surface area (Å²) in [6.45, 7) is 2.57. The third-order valence-electron chi connectivity index (χ3n) is 2.01. The third kappa shape index (κ3) is 3.26. The standard InChI is InChI=1S/C9H13NO4/c1-7(12)14-9(6-11)5-10-3-2-8(13)4-10/h6,9H,2-5H2,1H3/t9-/m0/s1. The summed E-state index contributed by atoms with van der Waals surface area (Å²) >= 11 is 0. The predicted octanol–water partition coefficient (Wildman–Crippen LogP) is -0.608. The van der Waals surface area contributed by atoms with Crippen molar-refractivity contribution in [2.45, 2.75) is 19.4 Å². The van der Waals surface area contributed by atoms with Gasteiger partial charge in [0.2, 0.25) is 0 Å². The van der Waals surface area contributed by atoms with Crippen molar-refractivity contribution >= 4 is 18.0 Å². The number of rotatable bonds is 4. The summed E-state index contributed by atoms with van der Waals surface area (Å²) in [6, 6.07) is 0. The van der Waals surface area contributed by atoms with Crippen LogP contribution in [-0.2, 0) is 19.1 Å². The van der Waals surface area contributed by atoms with Crippen molar-refractivity contribution < 1.29 is 19.1 Å². The minimum absolute atomic E-state index is 0.164. The molecular formula is C9H13NO4. The highest BCUT2D eigenvalue weighted by atomic mass is 16.5. The van der Waals surface area contributed by atoms with Crippen molar-refractivity contribution in [2.75, 3.05) is 19.6 Å². The molecule has 0 bridgehead atoms. The predicted molar refractivity (Wildman–Crippen MR) is 47.7 cm³/mol. The first-order valence-corrected chi connectivity index (χ1v) is 4.48. The van der Waals surface area contributed by atoms with E-state index in [4.69, 9.17) is 4.74 Å². The Balaban J connectivity index is 2.36. The number of hydrogen-bond donors (Lipinski definition) is 0. The zero-order valence-electron chi connectivity index (χ0n) is 8.06. The minimum atomic E-state index is -0.751. The van der Waals surface area contributed by atoms with Crippen LogP contribution in [0.1, 0.15) is 13.3 Å². The fourth-order valence-corrected chi connectivity index (χ4v) is 1.42. The Labute approximate surface area is 82.0 Å². The number of ketones is 1. The second kappa shape index (κ2) is 4.85. The maximum absolute atomic E-state index is 10.9. The van der Waals surface area contributed by atoms with E-state index >= 15 is 0 Å². The second-order valence-corrected chi connectivity index (χ2v) is 3.31. The fourth-order valence-electron chi connectivity index (χ4n) is 1.42. The van der Waals surface area contributed by atoms with Gasteiger partial charge < -0.3 is 4.74 Å². The first kappa shape index (κ1) is 10.8. The molecule has 1 aliphatic rings.